The highest BCUT2D eigenvalue weighted by Crippen LogP contribution is 2.26. The molecule has 0 aliphatic carbocycles. The molecule has 0 radical (unpaired) electrons. The first kappa shape index (κ1) is 20.8. The third-order valence-electron chi connectivity index (χ3n) is 3.99. The number of ether oxygens (including phenoxy) is 1. The van der Waals surface area contributed by atoms with Gasteiger partial charge in [-0.25, -0.2) is 8.42 Å². The number of sulfonamides is 1. The predicted molar refractivity (Wildman–Crippen MR) is 109 cm³/mol. The van der Waals surface area contributed by atoms with Crippen molar-refractivity contribution in [3.8, 4) is 5.75 Å². The number of rotatable bonds is 7. The second-order valence-electron chi connectivity index (χ2n) is 6.75. The zero-order chi connectivity index (χ0) is 20.2. The van der Waals surface area contributed by atoms with E-state index in [0.717, 1.165) is 21.7 Å². The Bertz CT molecular complexity index is 923. The topological polar surface area (TPSA) is 75.7 Å². The average Bonchev–Trinajstić information content (AvgIpc) is 2.56. The Morgan fingerprint density at radius 2 is 1.78 bits per heavy atom. The maximum absolute atomic E-state index is 12.6. The van der Waals surface area contributed by atoms with Crippen LogP contribution in [0.2, 0.25) is 0 Å². The summed E-state index contributed by atoms with van der Waals surface area (Å²) in [5.41, 5.74) is 2.97. The first-order valence-electron chi connectivity index (χ1n) is 8.68. The molecular weight excluding hydrogens is 364 g/mol. The normalized spacial score (nSPS) is 11.3. The standard InChI is InChI=1S/C20H26N2O4S/c1-14(2)26-19-9-7-6-8-18(19)21-20(23)13-22(27(5,24)25)17-11-10-15(3)16(4)12-17/h6-12,14H,13H2,1-5H3,(H,21,23). The lowest BCUT2D eigenvalue weighted by Gasteiger charge is -2.23. The van der Waals surface area contributed by atoms with Crippen LogP contribution in [0, 0.1) is 13.8 Å². The van der Waals surface area contributed by atoms with E-state index in [1.54, 1.807) is 30.3 Å². The summed E-state index contributed by atoms with van der Waals surface area (Å²) in [6.07, 6.45) is 1.04. The van der Waals surface area contributed by atoms with Crippen molar-refractivity contribution in [1.82, 2.24) is 0 Å². The Hall–Kier alpha value is -2.54. The molecule has 2 aromatic carbocycles. The van der Waals surface area contributed by atoms with Crippen molar-refractivity contribution in [2.24, 2.45) is 0 Å². The van der Waals surface area contributed by atoms with E-state index in [1.807, 2.05) is 39.8 Å². The van der Waals surface area contributed by atoms with E-state index in [0.29, 0.717) is 17.1 Å². The Labute approximate surface area is 161 Å². The van der Waals surface area contributed by atoms with Gasteiger partial charge in [0, 0.05) is 0 Å². The average molecular weight is 391 g/mol. The van der Waals surface area contributed by atoms with Gasteiger partial charge in [0.2, 0.25) is 15.9 Å². The highest BCUT2D eigenvalue weighted by atomic mass is 32.2. The van der Waals surface area contributed by atoms with Crippen molar-refractivity contribution in [2.45, 2.75) is 33.8 Å². The minimum Gasteiger partial charge on any atom is -0.489 e. The molecule has 0 bridgehead atoms. The predicted octanol–water partition coefficient (Wildman–Crippen LogP) is 3.50. The summed E-state index contributed by atoms with van der Waals surface area (Å²) in [5, 5.41) is 2.74. The van der Waals surface area contributed by atoms with Crippen LogP contribution >= 0.6 is 0 Å². The number of hydrogen-bond donors (Lipinski definition) is 1. The van der Waals surface area contributed by atoms with Gasteiger partial charge in [0.1, 0.15) is 12.3 Å². The summed E-state index contributed by atoms with van der Waals surface area (Å²) >= 11 is 0. The van der Waals surface area contributed by atoms with E-state index < -0.39 is 15.9 Å². The summed E-state index contributed by atoms with van der Waals surface area (Å²) in [7, 11) is -3.62. The number of hydrogen-bond acceptors (Lipinski definition) is 4. The molecule has 7 heteroatoms. The second-order valence-corrected chi connectivity index (χ2v) is 8.66. The Morgan fingerprint density at radius 3 is 2.37 bits per heavy atom. The molecule has 0 aliphatic heterocycles. The number of amides is 1. The van der Waals surface area contributed by atoms with Gasteiger partial charge >= 0.3 is 0 Å². The van der Waals surface area contributed by atoms with Crippen LogP contribution in [0.5, 0.6) is 5.75 Å². The number of para-hydroxylation sites is 2. The molecule has 2 aromatic rings. The lowest BCUT2D eigenvalue weighted by Crippen LogP contribution is -2.37. The molecule has 0 aliphatic rings. The third-order valence-corrected chi connectivity index (χ3v) is 5.13. The first-order valence-corrected chi connectivity index (χ1v) is 10.5. The van der Waals surface area contributed by atoms with Crippen molar-refractivity contribution >= 4 is 27.3 Å². The van der Waals surface area contributed by atoms with E-state index in [1.165, 1.54) is 0 Å². The van der Waals surface area contributed by atoms with Crippen LogP contribution in [0.1, 0.15) is 25.0 Å². The van der Waals surface area contributed by atoms with E-state index in [4.69, 9.17) is 4.74 Å². The summed E-state index contributed by atoms with van der Waals surface area (Å²) in [6.45, 7) is 7.31. The van der Waals surface area contributed by atoms with E-state index in [9.17, 15) is 13.2 Å². The molecule has 0 saturated carbocycles. The molecule has 146 valence electrons. The Balaban J connectivity index is 2.24. The first-order chi connectivity index (χ1) is 12.6. The number of aryl methyl sites for hydroxylation is 2. The number of carbonyl (C=O) groups excluding carboxylic acids is 1. The lowest BCUT2D eigenvalue weighted by atomic mass is 10.1. The highest BCUT2D eigenvalue weighted by molar-refractivity contribution is 7.92. The van der Waals surface area contributed by atoms with Crippen LogP contribution in [0.3, 0.4) is 0 Å². The van der Waals surface area contributed by atoms with Crippen LogP contribution in [0.4, 0.5) is 11.4 Å². The van der Waals surface area contributed by atoms with Gasteiger partial charge in [-0.1, -0.05) is 18.2 Å². The van der Waals surface area contributed by atoms with Crippen molar-refractivity contribution in [2.75, 3.05) is 22.4 Å². The zero-order valence-electron chi connectivity index (χ0n) is 16.3. The molecule has 2 rings (SSSR count). The van der Waals surface area contributed by atoms with Gasteiger partial charge in [-0.3, -0.25) is 9.10 Å². The highest BCUT2D eigenvalue weighted by Gasteiger charge is 2.22. The van der Waals surface area contributed by atoms with Crippen molar-refractivity contribution in [3.05, 3.63) is 53.6 Å². The fraction of sp³-hybridized carbons (Fsp3) is 0.350. The molecular formula is C20H26N2O4S. The van der Waals surface area contributed by atoms with Crippen LogP contribution in [-0.2, 0) is 14.8 Å². The van der Waals surface area contributed by atoms with E-state index in [2.05, 4.69) is 5.32 Å². The lowest BCUT2D eigenvalue weighted by molar-refractivity contribution is -0.114. The number of anilines is 2. The van der Waals surface area contributed by atoms with Crippen LogP contribution in [0.25, 0.3) is 0 Å². The van der Waals surface area contributed by atoms with Gasteiger partial charge in [0.25, 0.3) is 0 Å². The maximum atomic E-state index is 12.6. The number of nitrogens with zero attached hydrogens (tertiary/aromatic N) is 1. The number of nitrogens with one attached hydrogen (secondary N) is 1. The monoisotopic (exact) mass is 390 g/mol. The molecule has 0 heterocycles. The Morgan fingerprint density at radius 1 is 1.11 bits per heavy atom. The molecule has 0 unspecified atom stereocenters. The molecule has 0 spiro atoms. The second kappa shape index (κ2) is 8.43. The SMILES string of the molecule is Cc1ccc(N(CC(=O)Nc2ccccc2OC(C)C)S(C)(=O)=O)cc1C. The fourth-order valence-electron chi connectivity index (χ4n) is 2.53. The van der Waals surface area contributed by atoms with Crippen LogP contribution in [-0.4, -0.2) is 33.2 Å². The van der Waals surface area contributed by atoms with Gasteiger partial charge in [-0.2, -0.15) is 0 Å². The molecule has 0 atom stereocenters. The number of carbonyl (C=O) groups is 1. The smallest absolute Gasteiger partial charge is 0.245 e. The van der Waals surface area contributed by atoms with E-state index in [-0.39, 0.29) is 12.6 Å². The third kappa shape index (κ3) is 5.72. The van der Waals surface area contributed by atoms with Gasteiger partial charge in [0.15, 0.2) is 0 Å². The molecule has 27 heavy (non-hydrogen) atoms. The van der Waals surface area contributed by atoms with Gasteiger partial charge < -0.3 is 10.1 Å². The van der Waals surface area contributed by atoms with Crippen molar-refractivity contribution < 1.29 is 17.9 Å². The Kier molecular flexibility index (Phi) is 6.49. The van der Waals surface area contributed by atoms with Gasteiger partial charge in [-0.05, 0) is 63.1 Å². The van der Waals surface area contributed by atoms with E-state index >= 15 is 0 Å². The molecule has 1 amide bonds. The summed E-state index contributed by atoms with van der Waals surface area (Å²) in [6, 6.07) is 12.4. The van der Waals surface area contributed by atoms with Crippen LogP contribution < -0.4 is 14.4 Å². The molecule has 1 N–H and O–H groups in total. The zero-order valence-corrected chi connectivity index (χ0v) is 17.1. The minimum absolute atomic E-state index is 0.0499. The quantitative estimate of drug-likeness (QED) is 0.785. The van der Waals surface area contributed by atoms with Crippen LogP contribution in [0.15, 0.2) is 42.5 Å². The van der Waals surface area contributed by atoms with Gasteiger partial charge in [-0.15, -0.1) is 0 Å². The van der Waals surface area contributed by atoms with Crippen molar-refractivity contribution in [3.63, 3.8) is 0 Å². The minimum atomic E-state index is -3.62. The molecule has 0 aromatic heterocycles. The fourth-order valence-corrected chi connectivity index (χ4v) is 3.38. The summed E-state index contributed by atoms with van der Waals surface area (Å²) in [4.78, 5) is 12.6. The van der Waals surface area contributed by atoms with Crippen molar-refractivity contribution in [1.29, 1.82) is 0 Å². The van der Waals surface area contributed by atoms with Gasteiger partial charge in [0.05, 0.1) is 23.7 Å². The largest absolute Gasteiger partial charge is 0.489 e. The molecule has 0 fully saturated rings. The molecule has 6 nitrogen and oxygen atoms in total. The maximum Gasteiger partial charge on any atom is 0.245 e. The summed E-state index contributed by atoms with van der Waals surface area (Å²) < 4.78 is 31.3. The molecule has 0 saturated heterocycles. The number of benzene rings is 2. The summed E-state index contributed by atoms with van der Waals surface area (Å²) in [5.74, 6) is 0.0939.